The Kier molecular flexibility index (Phi) is 1.74. The second kappa shape index (κ2) is 2.95. The first kappa shape index (κ1) is 8.24. The summed E-state index contributed by atoms with van der Waals surface area (Å²) in [5.41, 5.74) is 1.03. The molecule has 0 radical (unpaired) electrons. The number of benzene rings is 1. The molecule has 0 amide bonds. The zero-order chi connectivity index (χ0) is 9.54. The van der Waals surface area contributed by atoms with Crippen LogP contribution in [0.3, 0.4) is 0 Å². The van der Waals surface area contributed by atoms with Crippen molar-refractivity contribution in [2.75, 3.05) is 18.0 Å². The van der Waals surface area contributed by atoms with Gasteiger partial charge in [0.2, 0.25) is 0 Å². The molecule has 2 saturated heterocycles. The number of nitrogens with zero attached hydrogens (tertiary/aromatic N) is 1. The largest absolute Gasteiger partial charge is 0.366 e. The number of anilines is 1. The molecular weight excluding hydrogens is 179 g/mol. The zero-order valence-electron chi connectivity index (χ0n) is 7.91. The highest BCUT2D eigenvalue weighted by Crippen LogP contribution is 2.29. The van der Waals surface area contributed by atoms with Crippen molar-refractivity contribution in [3.63, 3.8) is 0 Å². The number of halogens is 1. The lowest BCUT2D eigenvalue weighted by Crippen LogP contribution is -2.43. The van der Waals surface area contributed by atoms with Gasteiger partial charge in [-0.05, 0) is 24.6 Å². The number of hydrogen-bond donors (Lipinski definition) is 1. The molecule has 0 saturated carbocycles. The van der Waals surface area contributed by atoms with Crippen LogP contribution in [0.1, 0.15) is 6.42 Å². The molecule has 3 rings (SSSR count). The van der Waals surface area contributed by atoms with E-state index in [1.807, 2.05) is 6.07 Å². The van der Waals surface area contributed by atoms with Crippen molar-refractivity contribution >= 4 is 5.69 Å². The van der Waals surface area contributed by atoms with E-state index in [1.165, 1.54) is 12.5 Å². The molecule has 1 aromatic carbocycles. The third kappa shape index (κ3) is 1.20. The predicted octanol–water partition coefficient (Wildman–Crippen LogP) is 1.38. The second-order valence-electron chi connectivity index (χ2n) is 4.13. The summed E-state index contributed by atoms with van der Waals surface area (Å²) in [6.45, 7) is 2.06. The van der Waals surface area contributed by atoms with Crippen LogP contribution in [0.15, 0.2) is 24.3 Å². The first-order chi connectivity index (χ1) is 6.83. The Hall–Kier alpha value is -1.09. The van der Waals surface area contributed by atoms with Gasteiger partial charge in [-0.2, -0.15) is 0 Å². The fourth-order valence-electron chi connectivity index (χ4n) is 2.53. The molecule has 2 atom stereocenters. The van der Waals surface area contributed by atoms with Gasteiger partial charge in [-0.1, -0.05) is 6.07 Å². The SMILES string of the molecule is Fc1cccc(N2CC3CC2CN3)c1. The van der Waals surface area contributed by atoms with Crippen LogP contribution in [0.4, 0.5) is 10.1 Å². The fourth-order valence-corrected chi connectivity index (χ4v) is 2.53. The molecule has 2 fully saturated rings. The Balaban J connectivity index is 1.89. The molecule has 2 aliphatic rings. The minimum absolute atomic E-state index is 0.141. The average molecular weight is 192 g/mol. The average Bonchev–Trinajstić information content (AvgIpc) is 2.78. The summed E-state index contributed by atoms with van der Waals surface area (Å²) in [7, 11) is 0. The molecule has 3 heteroatoms. The van der Waals surface area contributed by atoms with Crippen molar-refractivity contribution in [1.29, 1.82) is 0 Å². The quantitative estimate of drug-likeness (QED) is 0.723. The highest BCUT2D eigenvalue weighted by Gasteiger charge is 2.37. The van der Waals surface area contributed by atoms with Gasteiger partial charge in [0.25, 0.3) is 0 Å². The molecule has 2 nitrogen and oxygen atoms in total. The van der Waals surface area contributed by atoms with Crippen LogP contribution in [0.5, 0.6) is 0 Å². The van der Waals surface area contributed by atoms with E-state index in [0.717, 1.165) is 18.8 Å². The van der Waals surface area contributed by atoms with Gasteiger partial charge in [-0.25, -0.2) is 4.39 Å². The van der Waals surface area contributed by atoms with Gasteiger partial charge in [-0.3, -0.25) is 0 Å². The zero-order valence-corrected chi connectivity index (χ0v) is 7.91. The van der Waals surface area contributed by atoms with Crippen LogP contribution in [0, 0.1) is 5.82 Å². The molecule has 1 N–H and O–H groups in total. The molecule has 0 spiro atoms. The van der Waals surface area contributed by atoms with Gasteiger partial charge in [0.05, 0.1) is 0 Å². The predicted molar refractivity (Wildman–Crippen MR) is 53.9 cm³/mol. The molecule has 74 valence electrons. The van der Waals surface area contributed by atoms with Crippen molar-refractivity contribution in [3.05, 3.63) is 30.1 Å². The molecule has 0 aromatic heterocycles. The van der Waals surface area contributed by atoms with Crippen LogP contribution in [-0.4, -0.2) is 25.2 Å². The van der Waals surface area contributed by atoms with Crippen LogP contribution in [-0.2, 0) is 0 Å². The summed E-state index contributed by atoms with van der Waals surface area (Å²) in [5, 5.41) is 3.43. The lowest BCUT2D eigenvalue weighted by molar-refractivity contribution is 0.577. The smallest absolute Gasteiger partial charge is 0.125 e. The van der Waals surface area contributed by atoms with Crippen LogP contribution < -0.4 is 10.2 Å². The lowest BCUT2D eigenvalue weighted by atomic mass is 10.2. The summed E-state index contributed by atoms with van der Waals surface area (Å²) in [4.78, 5) is 2.31. The molecular formula is C11H13FN2. The maximum atomic E-state index is 13.0. The van der Waals surface area contributed by atoms with E-state index in [-0.39, 0.29) is 5.82 Å². The van der Waals surface area contributed by atoms with Crippen molar-refractivity contribution in [2.45, 2.75) is 18.5 Å². The molecule has 1 aromatic rings. The van der Waals surface area contributed by atoms with Gasteiger partial charge in [0.1, 0.15) is 5.82 Å². The van der Waals surface area contributed by atoms with E-state index < -0.39 is 0 Å². The third-order valence-electron chi connectivity index (χ3n) is 3.20. The summed E-state index contributed by atoms with van der Waals surface area (Å²) in [6.07, 6.45) is 1.20. The van der Waals surface area contributed by atoms with E-state index in [0.29, 0.717) is 12.1 Å². The molecule has 2 unspecified atom stereocenters. The Morgan fingerprint density at radius 1 is 1.43 bits per heavy atom. The maximum absolute atomic E-state index is 13.0. The standard InChI is InChI=1S/C11H13FN2/c12-8-2-1-3-10(4-8)14-7-9-5-11(14)6-13-9/h1-4,9,11,13H,5-7H2. The summed E-state index contributed by atoms with van der Waals surface area (Å²) >= 11 is 0. The van der Waals surface area contributed by atoms with E-state index in [2.05, 4.69) is 10.2 Å². The molecule has 0 aliphatic carbocycles. The first-order valence-electron chi connectivity index (χ1n) is 5.08. The topological polar surface area (TPSA) is 15.3 Å². The normalized spacial score (nSPS) is 29.9. The number of hydrogen-bond acceptors (Lipinski definition) is 2. The first-order valence-corrected chi connectivity index (χ1v) is 5.08. The fraction of sp³-hybridized carbons (Fsp3) is 0.455. The summed E-state index contributed by atoms with van der Waals surface area (Å²) < 4.78 is 13.0. The van der Waals surface area contributed by atoms with Crippen molar-refractivity contribution in [3.8, 4) is 0 Å². The van der Waals surface area contributed by atoms with Crippen molar-refractivity contribution in [1.82, 2.24) is 5.32 Å². The summed E-state index contributed by atoms with van der Waals surface area (Å²) in [6, 6.07) is 8.08. The minimum Gasteiger partial charge on any atom is -0.366 e. The number of piperazine rings is 1. The van der Waals surface area contributed by atoms with Gasteiger partial charge >= 0.3 is 0 Å². The molecule has 14 heavy (non-hydrogen) atoms. The lowest BCUT2D eigenvalue weighted by Gasteiger charge is -2.29. The van der Waals surface area contributed by atoms with Crippen molar-refractivity contribution < 1.29 is 4.39 Å². The minimum atomic E-state index is -0.141. The molecule has 2 bridgehead atoms. The van der Waals surface area contributed by atoms with Gasteiger partial charge in [0.15, 0.2) is 0 Å². The van der Waals surface area contributed by atoms with E-state index in [9.17, 15) is 4.39 Å². The second-order valence-corrected chi connectivity index (χ2v) is 4.13. The monoisotopic (exact) mass is 192 g/mol. The van der Waals surface area contributed by atoms with E-state index in [1.54, 1.807) is 12.1 Å². The Bertz CT molecular complexity index is 353. The highest BCUT2D eigenvalue weighted by molar-refractivity contribution is 5.50. The molecule has 2 heterocycles. The van der Waals surface area contributed by atoms with Crippen LogP contribution >= 0.6 is 0 Å². The summed E-state index contributed by atoms with van der Waals surface area (Å²) in [5.74, 6) is -0.141. The van der Waals surface area contributed by atoms with Crippen molar-refractivity contribution in [2.24, 2.45) is 0 Å². The number of nitrogens with one attached hydrogen (secondary N) is 1. The van der Waals surface area contributed by atoms with Gasteiger partial charge in [-0.15, -0.1) is 0 Å². The third-order valence-corrected chi connectivity index (χ3v) is 3.20. The number of fused-ring (bicyclic) bond motifs is 2. The van der Waals surface area contributed by atoms with Gasteiger partial charge in [0, 0.05) is 30.9 Å². The number of rotatable bonds is 1. The van der Waals surface area contributed by atoms with E-state index in [4.69, 9.17) is 0 Å². The highest BCUT2D eigenvalue weighted by atomic mass is 19.1. The Labute approximate surface area is 82.7 Å². The maximum Gasteiger partial charge on any atom is 0.125 e. The van der Waals surface area contributed by atoms with Crippen LogP contribution in [0.25, 0.3) is 0 Å². The Morgan fingerprint density at radius 2 is 2.36 bits per heavy atom. The van der Waals surface area contributed by atoms with Crippen LogP contribution in [0.2, 0.25) is 0 Å². The molecule has 2 aliphatic heterocycles. The van der Waals surface area contributed by atoms with Gasteiger partial charge < -0.3 is 10.2 Å². The van der Waals surface area contributed by atoms with E-state index >= 15 is 0 Å². The Morgan fingerprint density at radius 3 is 3.00 bits per heavy atom.